The molecule has 76 heavy (non-hydrogen) atoms. The molecule has 0 saturated heterocycles. The summed E-state index contributed by atoms with van der Waals surface area (Å²) in [6, 6.07) is 57.9. The molecule has 0 aliphatic rings. The molecule has 13 aromatic carbocycles. The maximum absolute atomic E-state index is 10.3. The second kappa shape index (κ2) is 16.6. The number of fused-ring (bicyclic) bond motifs is 16. The highest BCUT2D eigenvalue weighted by Crippen LogP contribution is 2.45. The van der Waals surface area contributed by atoms with E-state index in [1.54, 1.807) is 0 Å². The van der Waals surface area contributed by atoms with Crippen molar-refractivity contribution in [2.24, 2.45) is 0 Å². The summed E-state index contributed by atoms with van der Waals surface area (Å²) in [6.07, 6.45) is 0. The molecular weight excluding hydrogens is 935 g/mol. The van der Waals surface area contributed by atoms with Gasteiger partial charge in [0.1, 0.15) is 0 Å². The molecule has 0 saturated carbocycles. The summed E-state index contributed by atoms with van der Waals surface area (Å²) in [5, 5.41) is 11.8. The van der Waals surface area contributed by atoms with Gasteiger partial charge in [0.15, 0.2) is 8.07 Å². The average Bonchev–Trinajstić information content (AvgIpc) is 1.55. The third kappa shape index (κ3) is 6.04. The summed E-state index contributed by atoms with van der Waals surface area (Å²) < 4.78 is 145. The maximum atomic E-state index is 10.3. The average molecular weight is 997 g/mol. The molecule has 0 amide bonds. The Morgan fingerprint density at radius 2 is 0.684 bits per heavy atom. The van der Waals surface area contributed by atoms with E-state index < -0.39 is 104 Å². The molecule has 0 N–H and O–H groups in total. The fraction of sp³-hybridized carbons (Fsp3) is 0. The lowest BCUT2D eigenvalue weighted by Gasteiger charge is -2.34. The van der Waals surface area contributed by atoms with Crippen molar-refractivity contribution in [3.63, 3.8) is 0 Å². The molecule has 0 spiro atoms. The van der Waals surface area contributed by atoms with Gasteiger partial charge in [-0.3, -0.25) is 0 Å². The van der Waals surface area contributed by atoms with Crippen LogP contribution in [0, 0.1) is 0 Å². The minimum atomic E-state index is -3.14. The molecule has 3 heterocycles. The van der Waals surface area contributed by atoms with Gasteiger partial charge >= 0.3 is 0 Å². The number of nitrogens with zero attached hydrogens (tertiary/aromatic N) is 3. The molecule has 0 aliphatic carbocycles. The van der Waals surface area contributed by atoms with Gasteiger partial charge in [-0.25, -0.2) is 0 Å². The summed E-state index contributed by atoms with van der Waals surface area (Å²) in [7, 11) is -3.14. The van der Waals surface area contributed by atoms with Gasteiger partial charge < -0.3 is 13.7 Å². The summed E-state index contributed by atoms with van der Waals surface area (Å²) in [6.45, 7) is 0. The highest BCUT2D eigenvalue weighted by Gasteiger charge is 2.41. The van der Waals surface area contributed by atoms with Gasteiger partial charge in [0.05, 0.1) is 53.7 Å². The smallest absolute Gasteiger partial charge is 0.179 e. The van der Waals surface area contributed by atoms with Crippen molar-refractivity contribution in [1.82, 2.24) is 13.7 Å². The van der Waals surface area contributed by atoms with E-state index in [-0.39, 0.29) is 43.6 Å². The Morgan fingerprint density at radius 3 is 1.28 bits per heavy atom. The van der Waals surface area contributed by atoms with Crippen LogP contribution in [0.2, 0.25) is 0 Å². The fourth-order valence-electron chi connectivity index (χ4n) is 12.4. The summed E-state index contributed by atoms with van der Waals surface area (Å²) >= 11 is 0. The minimum absolute atomic E-state index is 0.109. The zero-order chi connectivity index (χ0) is 63.0. The van der Waals surface area contributed by atoms with E-state index in [0.717, 1.165) is 64.0 Å². The van der Waals surface area contributed by atoms with Crippen molar-refractivity contribution in [3.05, 3.63) is 285 Å². The number of hydrogen-bond acceptors (Lipinski definition) is 0. The third-order valence-electron chi connectivity index (χ3n) is 15.4. The molecule has 0 bridgehead atoms. The van der Waals surface area contributed by atoms with E-state index in [1.165, 1.54) is 20.1 Å². The Balaban J connectivity index is 1.06. The fourth-order valence-corrected chi connectivity index (χ4v) is 17.2. The van der Waals surface area contributed by atoms with Gasteiger partial charge in [0.25, 0.3) is 0 Å². The third-order valence-corrected chi connectivity index (χ3v) is 20.2. The summed E-state index contributed by atoms with van der Waals surface area (Å²) in [5.74, 6) is 0. The molecule has 0 aliphatic heterocycles. The standard InChI is InChI=1S/C72H47N3Si/c1-4-22-51(23-5-1)76(52-24-6-2-7-25-52,53-26-8-3-9-27-53)54-28-20-21-48(45-54)75-69-44-42-62-57-31-11-10-29-55(57)56-30-12-13-35-61(56)71(62)72(69)63-41-39-50(47-70(63)75)74-67-38-19-16-34-60(67)64-46-49(40-43-68(64)74)73-65-36-17-14-32-58(65)59-33-15-18-37-66(59)73/h1-47H/i14D,15D,16D,17D,18D,19D,32D,33D,34D,36D,37D,38D,40D,43D,46D. The van der Waals surface area contributed by atoms with Crippen LogP contribution in [-0.4, -0.2) is 21.8 Å². The largest absolute Gasteiger partial charge is 0.309 e. The van der Waals surface area contributed by atoms with E-state index in [1.807, 2.05) is 60.7 Å². The molecular formula is C72H47N3Si. The first kappa shape index (κ1) is 30.5. The first-order valence-corrected chi connectivity index (χ1v) is 27.1. The van der Waals surface area contributed by atoms with Crippen molar-refractivity contribution < 1.29 is 20.6 Å². The van der Waals surface area contributed by atoms with E-state index >= 15 is 0 Å². The number of benzene rings is 13. The van der Waals surface area contributed by atoms with Crippen LogP contribution in [0.1, 0.15) is 20.6 Å². The second-order valence-corrected chi connectivity index (χ2v) is 23.0. The predicted molar refractivity (Wildman–Crippen MR) is 326 cm³/mol. The molecule has 4 heteroatoms. The van der Waals surface area contributed by atoms with Gasteiger partial charge in [-0.15, -0.1) is 0 Å². The number of aromatic nitrogens is 3. The van der Waals surface area contributed by atoms with Crippen molar-refractivity contribution in [1.29, 1.82) is 0 Å². The topological polar surface area (TPSA) is 14.8 Å². The monoisotopic (exact) mass is 996 g/mol. The first-order chi connectivity index (χ1) is 44.0. The molecule has 16 aromatic rings. The molecule has 3 nitrogen and oxygen atoms in total. The van der Waals surface area contributed by atoms with E-state index in [2.05, 4.69) is 138 Å². The van der Waals surface area contributed by atoms with Crippen LogP contribution in [0.4, 0.5) is 0 Å². The van der Waals surface area contributed by atoms with Crippen molar-refractivity contribution >= 4 is 127 Å². The van der Waals surface area contributed by atoms with Crippen LogP contribution in [0.3, 0.4) is 0 Å². The SMILES string of the molecule is [2H]c1c([2H])c([2H])c2c(c1[2H])c1c([2H])c(-n3c4c([2H])c([2H])c([2H])c([2H])c4c4c([2H])c([2H])c([2H])c([2H])c43)c([2H])c([2H])c1n2-c1ccc2c3c4c5ccccc5c5ccccc5c4ccc3n(-c3cccc([Si](c4ccccc4)(c4ccccc4)c4ccccc4)c3)c2c1. The molecule has 354 valence electrons. The normalized spacial score (nSPS) is 15.0. The molecule has 3 aromatic heterocycles. The van der Waals surface area contributed by atoms with Crippen LogP contribution in [-0.2, 0) is 0 Å². The van der Waals surface area contributed by atoms with Gasteiger partial charge in [0.2, 0.25) is 0 Å². The lowest BCUT2D eigenvalue weighted by atomic mass is 9.92. The molecule has 0 radical (unpaired) electrons. The van der Waals surface area contributed by atoms with Crippen LogP contribution >= 0.6 is 0 Å². The van der Waals surface area contributed by atoms with Gasteiger partial charge in [-0.05, 0) is 114 Å². The van der Waals surface area contributed by atoms with Gasteiger partial charge in [-0.2, -0.15) is 0 Å². The lowest BCUT2D eigenvalue weighted by molar-refractivity contribution is 1.15. The predicted octanol–water partition coefficient (Wildman–Crippen LogP) is 15.8. The van der Waals surface area contributed by atoms with Gasteiger partial charge in [-0.1, -0.05) is 218 Å². The molecule has 16 rings (SSSR count). The van der Waals surface area contributed by atoms with E-state index in [9.17, 15) is 9.60 Å². The second-order valence-electron chi connectivity index (χ2n) is 19.2. The highest BCUT2D eigenvalue weighted by atomic mass is 28.3. The number of para-hydroxylation sites is 3. The molecule has 0 atom stereocenters. The van der Waals surface area contributed by atoms with Crippen LogP contribution in [0.25, 0.3) is 115 Å². The molecule has 0 fully saturated rings. The van der Waals surface area contributed by atoms with Crippen molar-refractivity contribution in [3.8, 4) is 17.1 Å². The summed E-state index contributed by atoms with van der Waals surface area (Å²) in [4.78, 5) is 0. The van der Waals surface area contributed by atoms with Gasteiger partial charge in [0, 0.05) is 54.8 Å². The van der Waals surface area contributed by atoms with Crippen LogP contribution in [0.15, 0.2) is 285 Å². The Morgan fingerprint density at radius 1 is 0.250 bits per heavy atom. The maximum Gasteiger partial charge on any atom is 0.179 e. The van der Waals surface area contributed by atoms with E-state index in [4.69, 9.17) is 11.0 Å². The van der Waals surface area contributed by atoms with Crippen LogP contribution < -0.4 is 20.7 Å². The van der Waals surface area contributed by atoms with Crippen LogP contribution in [0.5, 0.6) is 0 Å². The van der Waals surface area contributed by atoms with E-state index in [0.29, 0.717) is 11.2 Å². The number of rotatable bonds is 7. The lowest BCUT2D eigenvalue weighted by Crippen LogP contribution is -2.74. The Labute approximate surface area is 461 Å². The Hall–Kier alpha value is -9.74. The Kier molecular flexibility index (Phi) is 6.67. The van der Waals surface area contributed by atoms with Crippen molar-refractivity contribution in [2.75, 3.05) is 0 Å². The quantitative estimate of drug-likeness (QED) is 0.0859. The summed E-state index contributed by atoms with van der Waals surface area (Å²) in [5.41, 5.74) is 1.20. The zero-order valence-electron chi connectivity index (χ0n) is 55.3. The number of hydrogen-bond donors (Lipinski definition) is 0. The molecule has 0 unspecified atom stereocenters. The first-order valence-electron chi connectivity index (χ1n) is 32.6. The Bertz CT molecular complexity index is 5700. The zero-order valence-corrected chi connectivity index (χ0v) is 41.3. The highest BCUT2D eigenvalue weighted by molar-refractivity contribution is 7.19. The van der Waals surface area contributed by atoms with Crippen molar-refractivity contribution in [2.45, 2.75) is 0 Å². The minimum Gasteiger partial charge on any atom is -0.309 e.